The molecule has 1 aromatic carbocycles. The molecule has 0 aliphatic carbocycles. The Balaban J connectivity index is 1.26. The number of nitrogens with zero attached hydrogens (tertiary/aromatic N) is 4. The van der Waals surface area contributed by atoms with Crippen LogP contribution in [0.3, 0.4) is 0 Å². The van der Waals surface area contributed by atoms with Crippen LogP contribution in [0.2, 0.25) is 0 Å². The van der Waals surface area contributed by atoms with Gasteiger partial charge in [-0.2, -0.15) is 0 Å². The van der Waals surface area contributed by atoms with E-state index in [4.69, 9.17) is 17.0 Å². The number of thiocarbonyl (C=S) groups is 1. The van der Waals surface area contributed by atoms with Crippen molar-refractivity contribution >= 4 is 38.9 Å². The Morgan fingerprint density at radius 2 is 1.86 bits per heavy atom. The molecule has 0 saturated carbocycles. The summed E-state index contributed by atoms with van der Waals surface area (Å²) in [4.78, 5) is 22.4. The van der Waals surface area contributed by atoms with E-state index in [0.717, 1.165) is 25.2 Å². The first-order valence-electron chi connectivity index (χ1n) is 11.1. The maximum Gasteiger partial charge on any atom is 0.263 e. The number of ether oxygens (including phenoxy) is 1. The van der Waals surface area contributed by atoms with Gasteiger partial charge in [0.1, 0.15) is 0 Å². The average molecular weight is 513 g/mol. The molecular weight excluding hydrogens is 488 g/mol. The average Bonchev–Trinajstić information content (AvgIpc) is 2.85. The number of fused-ring (bicyclic) bond motifs is 4. The fraction of sp³-hybridized carbons (Fsp3) is 0.304. The van der Waals surface area contributed by atoms with Crippen LogP contribution in [0.5, 0.6) is 5.88 Å². The number of pyridine rings is 1. The van der Waals surface area contributed by atoms with E-state index in [2.05, 4.69) is 24.9 Å². The van der Waals surface area contributed by atoms with Crippen LogP contribution < -0.4 is 20.3 Å². The van der Waals surface area contributed by atoms with Crippen molar-refractivity contribution in [3.05, 3.63) is 70.9 Å². The molecule has 2 unspecified atom stereocenters. The molecule has 12 heteroatoms. The monoisotopic (exact) mass is 512 g/mol. The van der Waals surface area contributed by atoms with Crippen molar-refractivity contribution in [1.29, 1.82) is 0 Å². The fourth-order valence-electron chi connectivity index (χ4n) is 4.71. The zero-order chi connectivity index (χ0) is 24.6. The van der Waals surface area contributed by atoms with Gasteiger partial charge in [0.2, 0.25) is 5.82 Å². The van der Waals surface area contributed by atoms with Gasteiger partial charge < -0.3 is 19.5 Å². The first kappa shape index (κ1) is 23.2. The van der Waals surface area contributed by atoms with E-state index in [1.807, 2.05) is 16.7 Å². The van der Waals surface area contributed by atoms with Crippen molar-refractivity contribution in [2.24, 2.45) is 5.92 Å². The minimum Gasteiger partial charge on any atom is -0.478 e. The summed E-state index contributed by atoms with van der Waals surface area (Å²) in [6, 6.07) is 11.7. The number of nitrogens with one attached hydrogen (secondary N) is 2. The number of hydrogen-bond donors (Lipinski definition) is 2. The highest BCUT2D eigenvalue weighted by molar-refractivity contribution is 7.92. The third-order valence-electron chi connectivity index (χ3n) is 6.27. The van der Waals surface area contributed by atoms with Gasteiger partial charge in [-0.1, -0.05) is 6.07 Å². The highest BCUT2D eigenvalue weighted by atomic mass is 32.2. The second-order valence-electron chi connectivity index (χ2n) is 8.58. The van der Waals surface area contributed by atoms with Gasteiger partial charge in [0.15, 0.2) is 5.11 Å². The first-order valence-corrected chi connectivity index (χ1v) is 13.0. The number of aromatic nitrogens is 3. The van der Waals surface area contributed by atoms with E-state index in [1.165, 1.54) is 31.6 Å². The maximum atomic E-state index is 12.8. The lowest BCUT2D eigenvalue weighted by molar-refractivity contribution is 0.180. The van der Waals surface area contributed by atoms with Crippen molar-refractivity contribution in [3.63, 3.8) is 0 Å². The summed E-state index contributed by atoms with van der Waals surface area (Å²) in [5.74, 6) is 0.682. The zero-order valence-corrected chi connectivity index (χ0v) is 20.6. The van der Waals surface area contributed by atoms with E-state index in [-0.39, 0.29) is 28.1 Å². The lowest BCUT2D eigenvalue weighted by atomic mass is 9.83. The molecule has 2 aromatic heterocycles. The molecule has 182 valence electrons. The molecular formula is C23H24N6O4S2. The third-order valence-corrected chi connectivity index (χ3v) is 7.99. The largest absolute Gasteiger partial charge is 0.478 e. The summed E-state index contributed by atoms with van der Waals surface area (Å²) >= 11 is 5.67. The summed E-state index contributed by atoms with van der Waals surface area (Å²) in [6.07, 6.45) is 3.83. The lowest BCUT2D eigenvalue weighted by Gasteiger charge is -2.43. The molecule has 2 N–H and O–H groups in total. The molecule has 1 saturated heterocycles. The molecule has 10 nitrogen and oxygen atoms in total. The fourth-order valence-corrected chi connectivity index (χ4v) is 5.99. The highest BCUT2D eigenvalue weighted by Gasteiger charge is 2.35. The van der Waals surface area contributed by atoms with Crippen LogP contribution in [-0.2, 0) is 16.6 Å². The third kappa shape index (κ3) is 4.71. The Labute approximate surface area is 208 Å². The summed E-state index contributed by atoms with van der Waals surface area (Å²) in [7, 11) is -2.50. The van der Waals surface area contributed by atoms with Crippen molar-refractivity contribution in [2.75, 3.05) is 30.2 Å². The number of hydrogen-bond acceptors (Lipinski definition) is 7. The van der Waals surface area contributed by atoms with Gasteiger partial charge in [0.05, 0.1) is 12.0 Å². The number of benzene rings is 1. The Hall–Kier alpha value is -3.51. The number of sulfonamides is 1. The van der Waals surface area contributed by atoms with Crippen molar-refractivity contribution in [2.45, 2.75) is 23.8 Å². The minimum atomic E-state index is -3.89. The van der Waals surface area contributed by atoms with Gasteiger partial charge in [0, 0.05) is 55.4 Å². The maximum absolute atomic E-state index is 12.8. The molecule has 0 amide bonds. The van der Waals surface area contributed by atoms with Crippen LogP contribution in [0.25, 0.3) is 0 Å². The predicted molar refractivity (Wildman–Crippen MR) is 135 cm³/mol. The molecule has 0 spiro atoms. The molecule has 2 aliphatic rings. The topological polar surface area (TPSA) is 118 Å². The van der Waals surface area contributed by atoms with E-state index >= 15 is 0 Å². The van der Waals surface area contributed by atoms with Crippen LogP contribution >= 0.6 is 12.2 Å². The predicted octanol–water partition coefficient (Wildman–Crippen LogP) is 2.26. The number of anilines is 2. The number of rotatable bonds is 5. The van der Waals surface area contributed by atoms with Crippen LogP contribution in [0, 0.1) is 5.92 Å². The lowest BCUT2D eigenvalue weighted by Crippen LogP contribution is -2.50. The Morgan fingerprint density at radius 3 is 2.63 bits per heavy atom. The van der Waals surface area contributed by atoms with Gasteiger partial charge in [-0.15, -0.1) is 0 Å². The Kier molecular flexibility index (Phi) is 6.15. The summed E-state index contributed by atoms with van der Waals surface area (Å²) < 4.78 is 34.9. The molecule has 2 bridgehead atoms. The number of likely N-dealkylation sites (tertiary alicyclic amines) is 1. The summed E-state index contributed by atoms with van der Waals surface area (Å²) in [6.45, 7) is 2.18. The van der Waals surface area contributed by atoms with Gasteiger partial charge >= 0.3 is 0 Å². The molecule has 5 rings (SSSR count). The second kappa shape index (κ2) is 9.27. The van der Waals surface area contributed by atoms with Crippen LogP contribution in [0.15, 0.2) is 64.5 Å². The van der Waals surface area contributed by atoms with E-state index in [1.54, 1.807) is 18.2 Å². The van der Waals surface area contributed by atoms with Crippen LogP contribution in [0.4, 0.5) is 11.5 Å². The Morgan fingerprint density at radius 1 is 1.09 bits per heavy atom. The molecule has 1 fully saturated rings. The SMILES string of the molecule is COc1nccnc1NS(=O)(=O)c1ccc(NC(=S)N2CC3CC(C2)c2cccc(=O)n2C3)cc1. The van der Waals surface area contributed by atoms with E-state index in [9.17, 15) is 13.2 Å². The molecule has 35 heavy (non-hydrogen) atoms. The summed E-state index contributed by atoms with van der Waals surface area (Å²) in [5, 5.41) is 3.79. The molecule has 2 aliphatic heterocycles. The van der Waals surface area contributed by atoms with Crippen molar-refractivity contribution in [1.82, 2.24) is 19.4 Å². The van der Waals surface area contributed by atoms with Gasteiger partial charge in [-0.3, -0.25) is 9.52 Å². The molecule has 0 radical (unpaired) electrons. The molecule has 3 aromatic rings. The highest BCUT2D eigenvalue weighted by Crippen LogP contribution is 2.35. The first-order chi connectivity index (χ1) is 16.8. The number of methoxy groups -OCH3 is 1. The smallest absolute Gasteiger partial charge is 0.263 e. The summed E-state index contributed by atoms with van der Waals surface area (Å²) in [5.41, 5.74) is 1.79. The standard InChI is InChI=1S/C23H24N6O4S2/c1-33-22-21(24-9-10-25-22)27-35(31,32)18-7-5-17(6-8-18)26-23(34)28-12-15-11-16(14-28)19-3-2-4-20(30)29(19)13-15/h2-10,15-16H,11-14H2,1H3,(H,24,27)(H,26,34). The van der Waals surface area contributed by atoms with Gasteiger partial charge in [0.25, 0.3) is 21.5 Å². The van der Waals surface area contributed by atoms with Crippen molar-refractivity contribution in [3.8, 4) is 5.88 Å². The normalized spacial score (nSPS) is 18.9. The van der Waals surface area contributed by atoms with E-state index in [0.29, 0.717) is 23.3 Å². The van der Waals surface area contributed by atoms with E-state index < -0.39 is 10.0 Å². The van der Waals surface area contributed by atoms with Gasteiger partial charge in [-0.05, 0) is 54.9 Å². The van der Waals surface area contributed by atoms with Crippen molar-refractivity contribution < 1.29 is 13.2 Å². The van der Waals surface area contributed by atoms with Crippen LogP contribution in [0.1, 0.15) is 18.0 Å². The minimum absolute atomic E-state index is 0.0119. The molecule has 2 atom stereocenters. The second-order valence-corrected chi connectivity index (χ2v) is 10.6. The quantitative estimate of drug-likeness (QED) is 0.496. The molecule has 4 heterocycles. The number of piperidine rings is 1. The van der Waals surface area contributed by atoms with Crippen LogP contribution in [-0.4, -0.2) is 53.2 Å². The Bertz CT molecular complexity index is 1420. The zero-order valence-electron chi connectivity index (χ0n) is 18.9. The van der Waals surface area contributed by atoms with Gasteiger partial charge in [-0.25, -0.2) is 18.4 Å².